The maximum absolute atomic E-state index is 12.0. The van der Waals surface area contributed by atoms with Crippen LogP contribution in [0.3, 0.4) is 0 Å². The zero-order chi connectivity index (χ0) is 16.2. The predicted octanol–water partition coefficient (Wildman–Crippen LogP) is 3.16. The van der Waals surface area contributed by atoms with E-state index >= 15 is 0 Å². The summed E-state index contributed by atoms with van der Waals surface area (Å²) in [4.78, 5) is 16.4. The van der Waals surface area contributed by atoms with Gasteiger partial charge < -0.3 is 5.32 Å². The number of hydrogen-bond donors (Lipinski definition) is 1. The van der Waals surface area contributed by atoms with Gasteiger partial charge in [0.2, 0.25) is 0 Å². The van der Waals surface area contributed by atoms with E-state index in [4.69, 9.17) is 0 Å². The summed E-state index contributed by atoms with van der Waals surface area (Å²) in [6.07, 6.45) is 5.57. The molecule has 1 aromatic carbocycles. The highest BCUT2D eigenvalue weighted by Crippen LogP contribution is 2.10. The van der Waals surface area contributed by atoms with Crippen molar-refractivity contribution in [1.29, 1.82) is 0 Å². The first kappa shape index (κ1) is 15.7. The number of fused-ring (bicyclic) bond motifs is 1. The molecular formula is C17H17BrN4O. The van der Waals surface area contributed by atoms with Crippen LogP contribution in [0.25, 0.3) is 5.65 Å². The van der Waals surface area contributed by atoms with Gasteiger partial charge in [-0.3, -0.25) is 4.79 Å². The molecule has 5 nitrogen and oxygen atoms in total. The third-order valence-electron chi connectivity index (χ3n) is 3.52. The van der Waals surface area contributed by atoms with Crippen LogP contribution in [-0.2, 0) is 6.42 Å². The molecule has 1 amide bonds. The van der Waals surface area contributed by atoms with E-state index in [2.05, 4.69) is 31.3 Å². The maximum atomic E-state index is 12.0. The second kappa shape index (κ2) is 6.91. The lowest BCUT2D eigenvalue weighted by atomic mass is 10.2. The Morgan fingerprint density at radius 3 is 2.87 bits per heavy atom. The Bertz CT molecular complexity index is 826. The number of carbonyl (C=O) groups excluding carboxylic acids is 1. The SMILES string of the molecule is Cc1cc2ncc(CCCNC(=O)c3ccc(Br)cc3)cn2n1. The molecule has 6 heteroatoms. The molecule has 0 aliphatic carbocycles. The van der Waals surface area contributed by atoms with E-state index in [0.717, 1.165) is 34.2 Å². The normalized spacial score (nSPS) is 10.9. The van der Waals surface area contributed by atoms with E-state index in [1.165, 1.54) is 0 Å². The van der Waals surface area contributed by atoms with Gasteiger partial charge in [-0.2, -0.15) is 5.10 Å². The van der Waals surface area contributed by atoms with Crippen molar-refractivity contribution in [2.24, 2.45) is 0 Å². The average Bonchev–Trinajstić information content (AvgIpc) is 2.91. The number of carbonyl (C=O) groups is 1. The molecule has 23 heavy (non-hydrogen) atoms. The van der Waals surface area contributed by atoms with Crippen molar-refractivity contribution in [1.82, 2.24) is 19.9 Å². The van der Waals surface area contributed by atoms with E-state index in [1.807, 2.05) is 37.5 Å². The van der Waals surface area contributed by atoms with Gasteiger partial charge in [-0.25, -0.2) is 9.50 Å². The Labute approximate surface area is 142 Å². The van der Waals surface area contributed by atoms with Gasteiger partial charge in [0, 0.05) is 35.0 Å². The van der Waals surface area contributed by atoms with Crippen LogP contribution < -0.4 is 5.32 Å². The van der Waals surface area contributed by atoms with Gasteiger partial charge in [-0.05, 0) is 49.6 Å². The van der Waals surface area contributed by atoms with Crippen molar-refractivity contribution < 1.29 is 4.79 Å². The minimum atomic E-state index is -0.0474. The average molecular weight is 373 g/mol. The number of rotatable bonds is 5. The topological polar surface area (TPSA) is 59.3 Å². The minimum absolute atomic E-state index is 0.0474. The van der Waals surface area contributed by atoms with E-state index in [0.29, 0.717) is 12.1 Å². The van der Waals surface area contributed by atoms with Crippen LogP contribution in [0.2, 0.25) is 0 Å². The summed E-state index contributed by atoms with van der Waals surface area (Å²) in [6, 6.07) is 9.28. The molecule has 0 radical (unpaired) electrons. The molecule has 0 unspecified atom stereocenters. The first-order chi connectivity index (χ1) is 11.1. The molecule has 0 saturated heterocycles. The fourth-order valence-electron chi connectivity index (χ4n) is 2.36. The smallest absolute Gasteiger partial charge is 0.251 e. The highest BCUT2D eigenvalue weighted by atomic mass is 79.9. The lowest BCUT2D eigenvalue weighted by molar-refractivity contribution is 0.0953. The molecule has 118 valence electrons. The summed E-state index contributed by atoms with van der Waals surface area (Å²) in [7, 11) is 0. The highest BCUT2D eigenvalue weighted by molar-refractivity contribution is 9.10. The van der Waals surface area contributed by atoms with Crippen LogP contribution in [0, 0.1) is 6.92 Å². The van der Waals surface area contributed by atoms with E-state index in [-0.39, 0.29) is 5.91 Å². The molecule has 0 saturated carbocycles. The van der Waals surface area contributed by atoms with E-state index in [9.17, 15) is 4.79 Å². The molecular weight excluding hydrogens is 356 g/mol. The van der Waals surface area contributed by atoms with E-state index in [1.54, 1.807) is 16.6 Å². The molecule has 1 N–H and O–H groups in total. The van der Waals surface area contributed by atoms with Gasteiger partial charge in [0.1, 0.15) is 0 Å². The third kappa shape index (κ3) is 3.96. The molecule has 0 fully saturated rings. The predicted molar refractivity (Wildman–Crippen MR) is 92.5 cm³/mol. The van der Waals surface area contributed by atoms with Crippen molar-refractivity contribution in [3.8, 4) is 0 Å². The molecule has 3 aromatic rings. The molecule has 0 aliphatic rings. The maximum Gasteiger partial charge on any atom is 0.251 e. The fourth-order valence-corrected chi connectivity index (χ4v) is 2.63. The van der Waals surface area contributed by atoms with Crippen LogP contribution in [0.4, 0.5) is 0 Å². The lowest BCUT2D eigenvalue weighted by Crippen LogP contribution is -2.24. The van der Waals surface area contributed by atoms with Gasteiger partial charge in [0.25, 0.3) is 5.91 Å². The first-order valence-corrected chi connectivity index (χ1v) is 8.26. The van der Waals surface area contributed by atoms with Gasteiger partial charge in [0.15, 0.2) is 5.65 Å². The minimum Gasteiger partial charge on any atom is -0.352 e. The highest BCUT2D eigenvalue weighted by Gasteiger charge is 2.05. The van der Waals surface area contributed by atoms with Crippen LogP contribution in [0.5, 0.6) is 0 Å². The number of aromatic nitrogens is 3. The Balaban J connectivity index is 1.50. The Morgan fingerprint density at radius 1 is 1.30 bits per heavy atom. The molecule has 2 heterocycles. The standard InChI is InChI=1S/C17H17BrN4O/c1-12-9-16-20-10-13(11-22(16)21-12)3-2-8-19-17(23)14-4-6-15(18)7-5-14/h4-7,9-11H,2-3,8H2,1H3,(H,19,23). The summed E-state index contributed by atoms with van der Waals surface area (Å²) in [5.74, 6) is -0.0474. The molecule has 0 bridgehead atoms. The summed E-state index contributed by atoms with van der Waals surface area (Å²) in [6.45, 7) is 2.58. The summed E-state index contributed by atoms with van der Waals surface area (Å²) < 4.78 is 2.76. The van der Waals surface area contributed by atoms with E-state index < -0.39 is 0 Å². The largest absolute Gasteiger partial charge is 0.352 e. The van der Waals surface area contributed by atoms with Crippen molar-refractivity contribution in [3.05, 3.63) is 64.0 Å². The Morgan fingerprint density at radius 2 is 2.09 bits per heavy atom. The number of aryl methyl sites for hydroxylation is 2. The molecule has 0 aliphatic heterocycles. The van der Waals surface area contributed by atoms with Crippen molar-refractivity contribution in [2.75, 3.05) is 6.54 Å². The lowest BCUT2D eigenvalue weighted by Gasteiger charge is -2.06. The van der Waals surface area contributed by atoms with Crippen LogP contribution >= 0.6 is 15.9 Å². The Hall–Kier alpha value is -2.21. The monoisotopic (exact) mass is 372 g/mol. The number of nitrogens with zero attached hydrogens (tertiary/aromatic N) is 3. The second-order valence-electron chi connectivity index (χ2n) is 5.42. The Kier molecular flexibility index (Phi) is 4.71. The number of halogens is 1. The van der Waals surface area contributed by atoms with Gasteiger partial charge in [-0.1, -0.05) is 15.9 Å². The zero-order valence-corrected chi connectivity index (χ0v) is 14.4. The van der Waals surface area contributed by atoms with Crippen LogP contribution in [0.1, 0.15) is 28.0 Å². The van der Waals surface area contributed by atoms with Crippen molar-refractivity contribution >= 4 is 27.5 Å². The molecule has 0 spiro atoms. The number of benzene rings is 1. The fraction of sp³-hybridized carbons (Fsp3) is 0.235. The summed E-state index contributed by atoms with van der Waals surface area (Å²) in [5, 5.41) is 7.29. The van der Waals surface area contributed by atoms with Gasteiger partial charge in [-0.15, -0.1) is 0 Å². The van der Waals surface area contributed by atoms with Crippen molar-refractivity contribution in [3.63, 3.8) is 0 Å². The van der Waals surface area contributed by atoms with Crippen molar-refractivity contribution in [2.45, 2.75) is 19.8 Å². The van der Waals surface area contributed by atoms with Gasteiger partial charge >= 0.3 is 0 Å². The molecule has 0 atom stereocenters. The molecule has 2 aromatic heterocycles. The van der Waals surface area contributed by atoms with Crippen LogP contribution in [-0.4, -0.2) is 27.0 Å². The number of hydrogen-bond acceptors (Lipinski definition) is 3. The number of nitrogens with one attached hydrogen (secondary N) is 1. The van der Waals surface area contributed by atoms with Gasteiger partial charge in [0.05, 0.1) is 5.69 Å². The summed E-state index contributed by atoms with van der Waals surface area (Å²) in [5.41, 5.74) is 3.59. The number of amides is 1. The quantitative estimate of drug-likeness (QED) is 0.699. The molecule has 3 rings (SSSR count). The van der Waals surface area contributed by atoms with Crippen LogP contribution in [0.15, 0.2) is 47.2 Å². The second-order valence-corrected chi connectivity index (χ2v) is 6.33. The zero-order valence-electron chi connectivity index (χ0n) is 12.8. The third-order valence-corrected chi connectivity index (χ3v) is 4.05. The first-order valence-electron chi connectivity index (χ1n) is 7.46. The summed E-state index contributed by atoms with van der Waals surface area (Å²) >= 11 is 3.36.